The van der Waals surface area contributed by atoms with Crippen LogP contribution in [0.4, 0.5) is 5.69 Å². The average Bonchev–Trinajstić information content (AvgIpc) is 2.41. The molecule has 0 aliphatic carbocycles. The van der Waals surface area contributed by atoms with E-state index in [4.69, 9.17) is 9.84 Å². The highest BCUT2D eigenvalue weighted by atomic mass is 16.6. The maximum atomic E-state index is 10.8. The maximum absolute atomic E-state index is 10.8. The molecule has 0 amide bonds. The van der Waals surface area contributed by atoms with E-state index in [9.17, 15) is 14.9 Å². The van der Waals surface area contributed by atoms with Crippen LogP contribution in [0, 0.1) is 17.0 Å². The van der Waals surface area contributed by atoms with E-state index in [2.05, 4.69) is 4.98 Å². The van der Waals surface area contributed by atoms with Crippen molar-refractivity contribution >= 4 is 11.7 Å². The Morgan fingerprint density at radius 2 is 2.15 bits per heavy atom. The number of carbonyl (C=O) groups is 1. The largest absolute Gasteiger partial charge is 0.478 e. The minimum absolute atomic E-state index is 0.0260. The number of rotatable bonds is 4. The number of carboxylic acid groups (broad SMARTS) is 1. The standard InChI is InChI=1S/C13H10N2O5/c1-8-10(15(18)19)3-2-4-11(8)20-12-7-9(13(16)17)5-6-14-12/h2-7H,1H3,(H,16,17). The molecule has 1 N–H and O–H groups in total. The van der Waals surface area contributed by atoms with Crippen LogP contribution in [-0.4, -0.2) is 21.0 Å². The number of hydrogen-bond donors (Lipinski definition) is 1. The van der Waals surface area contributed by atoms with Gasteiger partial charge in [-0.25, -0.2) is 9.78 Å². The van der Waals surface area contributed by atoms with E-state index in [0.29, 0.717) is 5.56 Å². The summed E-state index contributed by atoms with van der Waals surface area (Å²) in [6, 6.07) is 6.98. The van der Waals surface area contributed by atoms with Gasteiger partial charge in [0, 0.05) is 18.3 Å². The third kappa shape index (κ3) is 2.72. The van der Waals surface area contributed by atoms with Crippen LogP contribution < -0.4 is 4.74 Å². The summed E-state index contributed by atoms with van der Waals surface area (Å²) in [5, 5.41) is 19.7. The Morgan fingerprint density at radius 1 is 1.40 bits per heavy atom. The van der Waals surface area contributed by atoms with Crippen molar-refractivity contribution in [2.45, 2.75) is 6.92 Å². The van der Waals surface area contributed by atoms with Gasteiger partial charge in [0.1, 0.15) is 5.75 Å². The number of benzene rings is 1. The molecule has 1 aromatic carbocycles. The summed E-state index contributed by atoms with van der Waals surface area (Å²) < 4.78 is 5.41. The Bertz CT molecular complexity index is 684. The predicted molar refractivity (Wildman–Crippen MR) is 69.1 cm³/mol. The molecule has 1 heterocycles. The molecule has 0 saturated heterocycles. The second kappa shape index (κ2) is 5.35. The van der Waals surface area contributed by atoms with Gasteiger partial charge in [-0.05, 0) is 19.1 Å². The molecular formula is C13H10N2O5. The van der Waals surface area contributed by atoms with Crippen molar-refractivity contribution in [3.8, 4) is 11.6 Å². The van der Waals surface area contributed by atoms with Gasteiger partial charge in [-0.2, -0.15) is 0 Å². The van der Waals surface area contributed by atoms with E-state index in [1.165, 1.54) is 30.5 Å². The van der Waals surface area contributed by atoms with Crippen LogP contribution in [0.25, 0.3) is 0 Å². The quantitative estimate of drug-likeness (QED) is 0.679. The summed E-state index contributed by atoms with van der Waals surface area (Å²) in [4.78, 5) is 25.0. The van der Waals surface area contributed by atoms with Crippen LogP contribution in [0.3, 0.4) is 0 Å². The van der Waals surface area contributed by atoms with Crippen molar-refractivity contribution in [2.75, 3.05) is 0 Å². The molecule has 0 saturated carbocycles. The third-order valence-corrected chi connectivity index (χ3v) is 2.65. The van der Waals surface area contributed by atoms with Crippen LogP contribution in [0.5, 0.6) is 11.6 Å². The number of carboxylic acids is 1. The number of nitro benzene ring substituents is 1. The summed E-state index contributed by atoms with van der Waals surface area (Å²) in [6.07, 6.45) is 1.30. The molecule has 20 heavy (non-hydrogen) atoms. The van der Waals surface area contributed by atoms with E-state index in [1.807, 2.05) is 0 Å². The van der Waals surface area contributed by atoms with Crippen LogP contribution in [0.2, 0.25) is 0 Å². The van der Waals surface area contributed by atoms with Crippen LogP contribution in [0.15, 0.2) is 36.5 Å². The molecule has 7 nitrogen and oxygen atoms in total. The molecule has 0 spiro atoms. The molecule has 2 rings (SSSR count). The zero-order valence-corrected chi connectivity index (χ0v) is 10.4. The number of aromatic nitrogens is 1. The van der Waals surface area contributed by atoms with E-state index >= 15 is 0 Å². The van der Waals surface area contributed by atoms with E-state index in [0.717, 1.165) is 0 Å². The molecule has 0 aliphatic rings. The summed E-state index contributed by atoms with van der Waals surface area (Å²) in [5.41, 5.74) is 0.301. The minimum Gasteiger partial charge on any atom is -0.478 e. The molecule has 1 aromatic heterocycles. The van der Waals surface area contributed by atoms with Crippen molar-refractivity contribution in [1.82, 2.24) is 4.98 Å². The third-order valence-electron chi connectivity index (χ3n) is 2.65. The van der Waals surface area contributed by atoms with Crippen molar-refractivity contribution in [3.05, 3.63) is 57.8 Å². The van der Waals surface area contributed by atoms with Crippen LogP contribution in [0.1, 0.15) is 15.9 Å². The molecule has 0 atom stereocenters. The lowest BCUT2D eigenvalue weighted by Gasteiger charge is -2.08. The monoisotopic (exact) mass is 274 g/mol. The number of nitrogens with zero attached hydrogens (tertiary/aromatic N) is 2. The number of nitro groups is 1. The normalized spacial score (nSPS) is 10.1. The fourth-order valence-electron chi connectivity index (χ4n) is 1.62. The Balaban J connectivity index is 2.35. The maximum Gasteiger partial charge on any atom is 0.335 e. The average molecular weight is 274 g/mol. The lowest BCUT2D eigenvalue weighted by molar-refractivity contribution is -0.385. The van der Waals surface area contributed by atoms with Gasteiger partial charge in [0.15, 0.2) is 0 Å². The zero-order valence-electron chi connectivity index (χ0n) is 10.4. The predicted octanol–water partition coefficient (Wildman–Crippen LogP) is 2.79. The first-order chi connectivity index (χ1) is 9.49. The molecule has 0 fully saturated rings. The van der Waals surface area contributed by atoms with Crippen molar-refractivity contribution in [3.63, 3.8) is 0 Å². The molecule has 7 heteroatoms. The first kappa shape index (κ1) is 13.5. The van der Waals surface area contributed by atoms with Gasteiger partial charge in [0.2, 0.25) is 5.88 Å². The molecule has 0 bridgehead atoms. The summed E-state index contributed by atoms with van der Waals surface area (Å²) in [6.45, 7) is 1.55. The van der Waals surface area contributed by atoms with Gasteiger partial charge in [-0.15, -0.1) is 0 Å². The second-order valence-corrected chi connectivity index (χ2v) is 3.95. The fourth-order valence-corrected chi connectivity index (χ4v) is 1.62. The summed E-state index contributed by atoms with van der Waals surface area (Å²) >= 11 is 0. The van der Waals surface area contributed by atoms with Crippen molar-refractivity contribution in [2.24, 2.45) is 0 Å². The SMILES string of the molecule is Cc1c(Oc2cc(C(=O)O)ccn2)cccc1[N+](=O)[O-]. The van der Waals surface area contributed by atoms with Crippen LogP contribution >= 0.6 is 0 Å². The van der Waals surface area contributed by atoms with Crippen molar-refractivity contribution < 1.29 is 19.6 Å². The molecule has 0 unspecified atom stereocenters. The first-order valence-electron chi connectivity index (χ1n) is 5.60. The lowest BCUT2D eigenvalue weighted by Crippen LogP contribution is -1.99. The molecule has 0 aliphatic heterocycles. The van der Waals surface area contributed by atoms with Gasteiger partial charge in [0.25, 0.3) is 5.69 Å². The number of pyridine rings is 1. The van der Waals surface area contributed by atoms with E-state index in [-0.39, 0.29) is 22.9 Å². The fraction of sp³-hybridized carbons (Fsp3) is 0.0769. The second-order valence-electron chi connectivity index (χ2n) is 3.95. The Kier molecular flexibility index (Phi) is 3.60. The summed E-state index contributed by atoms with van der Waals surface area (Å²) in [5.74, 6) is -0.782. The number of hydrogen-bond acceptors (Lipinski definition) is 5. The highest BCUT2D eigenvalue weighted by Crippen LogP contribution is 2.30. The smallest absolute Gasteiger partial charge is 0.335 e. The van der Waals surface area contributed by atoms with Crippen molar-refractivity contribution in [1.29, 1.82) is 0 Å². The molecule has 0 radical (unpaired) electrons. The topological polar surface area (TPSA) is 103 Å². The summed E-state index contributed by atoms with van der Waals surface area (Å²) in [7, 11) is 0. The molecular weight excluding hydrogens is 264 g/mol. The van der Waals surface area contributed by atoms with E-state index < -0.39 is 10.9 Å². The highest BCUT2D eigenvalue weighted by Gasteiger charge is 2.15. The first-order valence-corrected chi connectivity index (χ1v) is 5.60. The Labute approximate surface area is 113 Å². The zero-order chi connectivity index (χ0) is 14.7. The van der Waals surface area contributed by atoms with Gasteiger partial charge in [-0.1, -0.05) is 6.07 Å². The van der Waals surface area contributed by atoms with Crippen LogP contribution in [-0.2, 0) is 0 Å². The molecule has 2 aromatic rings. The number of ether oxygens (including phenoxy) is 1. The van der Waals surface area contributed by atoms with Gasteiger partial charge in [-0.3, -0.25) is 10.1 Å². The van der Waals surface area contributed by atoms with Gasteiger partial charge < -0.3 is 9.84 Å². The Hall–Kier alpha value is -2.96. The Morgan fingerprint density at radius 3 is 2.80 bits per heavy atom. The highest BCUT2D eigenvalue weighted by molar-refractivity contribution is 5.87. The van der Waals surface area contributed by atoms with Gasteiger partial charge in [0.05, 0.1) is 16.1 Å². The lowest BCUT2D eigenvalue weighted by atomic mass is 10.2. The molecule has 102 valence electrons. The van der Waals surface area contributed by atoms with E-state index in [1.54, 1.807) is 13.0 Å². The minimum atomic E-state index is -1.10. The number of aromatic carboxylic acids is 1. The van der Waals surface area contributed by atoms with Gasteiger partial charge >= 0.3 is 5.97 Å².